The number of thiophene rings is 1. The summed E-state index contributed by atoms with van der Waals surface area (Å²) in [6.45, 7) is 4.42. The fourth-order valence-electron chi connectivity index (χ4n) is 7.23. The lowest BCUT2D eigenvalue weighted by molar-refractivity contribution is -0.135. The second-order valence-corrected chi connectivity index (χ2v) is 10.4. The number of carbonyl (C=O) groups excluding carboxylic acids is 1. The number of benzene rings is 2. The largest absolute Gasteiger partial charge is 0.380 e. The molecule has 0 unspecified atom stereocenters. The predicted octanol–water partition coefficient (Wildman–Crippen LogP) is 5.15. The van der Waals surface area contributed by atoms with Crippen LogP contribution in [0.1, 0.15) is 46.9 Å². The van der Waals surface area contributed by atoms with Crippen LogP contribution in [0, 0.1) is 11.8 Å². The number of carbonyl (C=O) groups is 1. The predicted molar refractivity (Wildman–Crippen MR) is 123 cm³/mol. The average molecular weight is 430 g/mol. The molecule has 31 heavy (non-hydrogen) atoms. The number of ether oxygens (including phenoxy) is 1. The van der Waals surface area contributed by atoms with E-state index >= 15 is 0 Å². The summed E-state index contributed by atoms with van der Waals surface area (Å²) >= 11 is 1.76. The minimum absolute atomic E-state index is 0.133. The summed E-state index contributed by atoms with van der Waals surface area (Å²) in [4.78, 5) is 17.5. The van der Waals surface area contributed by atoms with Gasteiger partial charge in [-0.05, 0) is 47.5 Å². The molecule has 0 spiro atoms. The SMILES string of the molecule is CO[C@@H](C)C12c3ccccc3C(c3ccccc31)[C@H]1[C@@H]2C(=O)N(C)[C@]1(C)c1cccs1. The maximum absolute atomic E-state index is 14.2. The van der Waals surface area contributed by atoms with Gasteiger partial charge in [-0.1, -0.05) is 54.6 Å². The Kier molecular flexibility index (Phi) is 3.92. The molecule has 4 aliphatic rings. The van der Waals surface area contributed by atoms with Gasteiger partial charge in [-0.2, -0.15) is 0 Å². The smallest absolute Gasteiger partial charge is 0.227 e. The van der Waals surface area contributed by atoms with E-state index in [1.807, 2.05) is 11.9 Å². The molecule has 1 aliphatic heterocycles. The lowest BCUT2D eigenvalue weighted by Crippen LogP contribution is -2.60. The van der Waals surface area contributed by atoms with E-state index in [-0.39, 0.29) is 35.3 Å². The number of nitrogens with zero attached hydrogens (tertiary/aromatic N) is 1. The van der Waals surface area contributed by atoms with Crippen molar-refractivity contribution < 1.29 is 9.53 Å². The lowest BCUT2D eigenvalue weighted by Gasteiger charge is -2.58. The average Bonchev–Trinajstić information content (AvgIpc) is 3.42. The van der Waals surface area contributed by atoms with Gasteiger partial charge in [0.2, 0.25) is 5.91 Å². The van der Waals surface area contributed by atoms with Gasteiger partial charge in [0.15, 0.2) is 0 Å². The second kappa shape index (κ2) is 6.30. The number of hydrogen-bond acceptors (Lipinski definition) is 3. The van der Waals surface area contributed by atoms with E-state index in [0.29, 0.717) is 0 Å². The first kappa shape index (κ1) is 19.3. The summed E-state index contributed by atoms with van der Waals surface area (Å²) in [7, 11) is 3.78. The Morgan fingerprint density at radius 3 is 2.16 bits per heavy atom. The van der Waals surface area contributed by atoms with Crippen molar-refractivity contribution in [3.8, 4) is 0 Å². The number of amides is 1. The van der Waals surface area contributed by atoms with E-state index < -0.39 is 5.41 Å². The van der Waals surface area contributed by atoms with Crippen molar-refractivity contribution in [3.63, 3.8) is 0 Å². The van der Waals surface area contributed by atoms with Crippen LogP contribution in [0.4, 0.5) is 0 Å². The lowest BCUT2D eigenvalue weighted by atomic mass is 9.44. The van der Waals surface area contributed by atoms with Gasteiger partial charge in [0.25, 0.3) is 0 Å². The van der Waals surface area contributed by atoms with Crippen molar-refractivity contribution in [2.75, 3.05) is 14.2 Å². The van der Waals surface area contributed by atoms with Crippen LogP contribution < -0.4 is 0 Å². The highest BCUT2D eigenvalue weighted by molar-refractivity contribution is 7.10. The molecule has 4 heteroatoms. The van der Waals surface area contributed by atoms with E-state index in [1.54, 1.807) is 18.4 Å². The molecular formula is C27H27NO2S. The molecule has 2 bridgehead atoms. The van der Waals surface area contributed by atoms with Gasteiger partial charge in [-0.3, -0.25) is 4.79 Å². The zero-order valence-electron chi connectivity index (χ0n) is 18.3. The summed E-state index contributed by atoms with van der Waals surface area (Å²) in [5.74, 6) is 0.406. The Balaban J connectivity index is 1.76. The molecule has 0 N–H and O–H groups in total. The summed E-state index contributed by atoms with van der Waals surface area (Å²) in [5.41, 5.74) is 4.40. The quantitative estimate of drug-likeness (QED) is 0.576. The molecule has 1 amide bonds. The van der Waals surface area contributed by atoms with E-state index in [0.717, 1.165) is 0 Å². The minimum Gasteiger partial charge on any atom is -0.380 e. The normalized spacial score (nSPS) is 33.7. The van der Waals surface area contributed by atoms with Crippen LogP contribution in [0.2, 0.25) is 0 Å². The summed E-state index contributed by atoms with van der Waals surface area (Å²) in [5, 5.41) is 2.13. The van der Waals surface area contributed by atoms with Crippen molar-refractivity contribution in [3.05, 3.63) is 93.2 Å². The Hall–Kier alpha value is -2.43. The second-order valence-electron chi connectivity index (χ2n) is 9.42. The molecule has 3 aromatic rings. The van der Waals surface area contributed by atoms with Crippen molar-refractivity contribution in [2.45, 2.75) is 36.8 Å². The van der Waals surface area contributed by atoms with Crippen LogP contribution in [0.5, 0.6) is 0 Å². The fourth-order valence-corrected chi connectivity index (χ4v) is 8.20. The first-order valence-corrected chi connectivity index (χ1v) is 11.9. The highest BCUT2D eigenvalue weighted by Crippen LogP contribution is 2.70. The molecule has 1 saturated heterocycles. The van der Waals surface area contributed by atoms with Crippen molar-refractivity contribution in [2.24, 2.45) is 11.8 Å². The monoisotopic (exact) mass is 429 g/mol. The van der Waals surface area contributed by atoms with E-state index in [9.17, 15) is 4.79 Å². The Morgan fingerprint density at radius 2 is 1.61 bits per heavy atom. The Bertz CT molecular complexity index is 1140. The van der Waals surface area contributed by atoms with Crippen molar-refractivity contribution in [1.82, 2.24) is 4.90 Å². The molecule has 3 aliphatic carbocycles. The van der Waals surface area contributed by atoms with Gasteiger partial charge in [0.1, 0.15) is 0 Å². The molecule has 0 saturated carbocycles. The first-order valence-electron chi connectivity index (χ1n) is 11.0. The van der Waals surface area contributed by atoms with Crippen LogP contribution in [0.25, 0.3) is 0 Å². The van der Waals surface area contributed by atoms with Gasteiger partial charge in [-0.25, -0.2) is 0 Å². The molecule has 1 fully saturated rings. The van der Waals surface area contributed by atoms with Gasteiger partial charge in [0, 0.05) is 30.9 Å². The molecule has 7 rings (SSSR count). The maximum Gasteiger partial charge on any atom is 0.227 e. The summed E-state index contributed by atoms with van der Waals surface area (Å²) in [6, 6.07) is 21.8. The number of hydrogen-bond donors (Lipinski definition) is 0. The number of likely N-dealkylation sites (tertiary alicyclic amines) is 1. The molecule has 1 aromatic heterocycles. The zero-order valence-corrected chi connectivity index (χ0v) is 19.1. The van der Waals surface area contributed by atoms with Crippen LogP contribution in [0.15, 0.2) is 66.0 Å². The highest BCUT2D eigenvalue weighted by Gasteiger charge is 2.72. The number of rotatable bonds is 3. The van der Waals surface area contributed by atoms with Crippen LogP contribution in [-0.2, 0) is 20.5 Å². The molecule has 0 radical (unpaired) electrons. The number of methoxy groups -OCH3 is 1. The van der Waals surface area contributed by atoms with Crippen LogP contribution in [0.3, 0.4) is 0 Å². The van der Waals surface area contributed by atoms with Crippen LogP contribution >= 0.6 is 11.3 Å². The molecule has 2 heterocycles. The van der Waals surface area contributed by atoms with Crippen molar-refractivity contribution >= 4 is 17.2 Å². The standard InChI is InChI=1S/C27H27NO2S/c1-16(30-4)27-19-12-7-5-10-17(19)22(18-11-6-8-13-20(18)27)23-24(27)25(29)28(3)26(23,2)21-14-9-15-31-21/h5-16,22-24H,1-4H3/t16-,22?,23-,24+,26+,27?/m0/s1. The molecule has 3 nitrogen and oxygen atoms in total. The van der Waals surface area contributed by atoms with E-state index in [2.05, 4.69) is 79.9 Å². The van der Waals surface area contributed by atoms with Gasteiger partial charge in [-0.15, -0.1) is 11.3 Å². The van der Waals surface area contributed by atoms with Crippen molar-refractivity contribution in [1.29, 1.82) is 0 Å². The highest BCUT2D eigenvalue weighted by atomic mass is 32.1. The van der Waals surface area contributed by atoms with E-state index in [4.69, 9.17) is 4.74 Å². The topological polar surface area (TPSA) is 29.5 Å². The Labute approximate surface area is 187 Å². The summed E-state index contributed by atoms with van der Waals surface area (Å²) in [6.07, 6.45) is -0.133. The van der Waals surface area contributed by atoms with Crippen LogP contribution in [-0.4, -0.2) is 31.1 Å². The fraction of sp³-hybridized carbons (Fsp3) is 0.370. The Morgan fingerprint density at radius 1 is 1.00 bits per heavy atom. The third-order valence-corrected chi connectivity index (χ3v) is 9.75. The maximum atomic E-state index is 14.2. The molecular weight excluding hydrogens is 402 g/mol. The van der Waals surface area contributed by atoms with Gasteiger partial charge in [0.05, 0.1) is 23.0 Å². The third kappa shape index (κ3) is 2.02. The summed E-state index contributed by atoms with van der Waals surface area (Å²) < 4.78 is 6.10. The van der Waals surface area contributed by atoms with Gasteiger partial charge < -0.3 is 9.64 Å². The first-order chi connectivity index (χ1) is 15.0. The molecule has 4 atom stereocenters. The van der Waals surface area contributed by atoms with E-state index in [1.165, 1.54) is 27.1 Å². The zero-order chi connectivity index (χ0) is 21.5. The molecule has 158 valence electrons. The minimum atomic E-state index is -0.498. The van der Waals surface area contributed by atoms with Gasteiger partial charge >= 0.3 is 0 Å². The molecule has 2 aromatic carbocycles. The third-order valence-electron chi connectivity index (χ3n) is 8.65.